The first-order valence-electron chi connectivity index (χ1n) is 27.2. The Hall–Kier alpha value is -7.39. The van der Waals surface area contributed by atoms with Gasteiger partial charge in [-0.1, -0.05) is 219 Å². The van der Waals surface area contributed by atoms with Crippen molar-refractivity contribution in [1.82, 2.24) is 4.57 Å². The summed E-state index contributed by atoms with van der Waals surface area (Å²) in [5.41, 5.74) is 27.8. The van der Waals surface area contributed by atoms with Crippen LogP contribution in [0.3, 0.4) is 0 Å². The zero-order chi connectivity index (χ0) is 49.1. The minimum atomic E-state index is 0.0325. The fraction of sp³-hybridized carbons (Fsp3) is 0.194. The molecule has 5 unspecified atom stereocenters. The van der Waals surface area contributed by atoms with Gasteiger partial charge in [0, 0.05) is 33.1 Å². The molecule has 1 saturated carbocycles. The summed E-state index contributed by atoms with van der Waals surface area (Å²) < 4.78 is 2.57. The van der Waals surface area contributed by atoms with Crippen molar-refractivity contribution < 1.29 is 0 Å². The quantitative estimate of drug-likeness (QED) is 0.147. The Morgan fingerprint density at radius 3 is 2.18 bits per heavy atom. The van der Waals surface area contributed by atoms with E-state index in [-0.39, 0.29) is 11.3 Å². The minimum Gasteiger partial charge on any atom is -0.310 e. The van der Waals surface area contributed by atoms with Crippen molar-refractivity contribution in [2.24, 2.45) is 17.8 Å². The maximum Gasteiger partial charge on any atom is 0.0537 e. The SMILES string of the molecule is CC1(C)C2=C(C=C(C(c3ccc(C4=CC(C5C6C=Cc7c(c8ccccc8n7-c7ccc8c(c7)SCC7=C8C=CCC7)C65)CC=C4)cc3)c3cc(-c4ccccc4)cc(-c4ccccc4)c3)CC2)c2ccccc21. The second-order valence-corrected chi connectivity index (χ2v) is 23.5. The lowest BCUT2D eigenvalue weighted by atomic mass is 9.74. The number of fused-ring (bicyclic) bond motifs is 9. The van der Waals surface area contributed by atoms with E-state index in [1.807, 2.05) is 11.8 Å². The number of rotatable bonds is 8. The Morgan fingerprint density at radius 2 is 1.36 bits per heavy atom. The van der Waals surface area contributed by atoms with Crippen molar-refractivity contribution in [1.29, 1.82) is 0 Å². The van der Waals surface area contributed by atoms with Crippen LogP contribution in [0.25, 0.3) is 61.6 Å². The van der Waals surface area contributed by atoms with Crippen molar-refractivity contribution in [3.05, 3.63) is 274 Å². The Kier molecular flexibility index (Phi) is 10.4. The normalized spacial score (nSPS) is 22.0. The van der Waals surface area contributed by atoms with Crippen molar-refractivity contribution in [3.8, 4) is 27.9 Å². The fourth-order valence-corrected chi connectivity index (χ4v) is 15.6. The third-order valence-electron chi connectivity index (χ3n) is 18.1. The van der Waals surface area contributed by atoms with Gasteiger partial charge in [-0.3, -0.25) is 0 Å². The number of aromatic nitrogens is 1. The molecule has 5 atom stereocenters. The first-order chi connectivity index (χ1) is 36.4. The van der Waals surface area contributed by atoms with Crippen LogP contribution in [0.1, 0.15) is 102 Å². The van der Waals surface area contributed by atoms with E-state index in [2.05, 4.69) is 237 Å². The monoisotopic (exact) mass is 969 g/mol. The average Bonchev–Trinajstić information content (AvgIpc) is 4.04. The molecule has 0 amide bonds. The number of allylic oxidation sites excluding steroid dienone is 12. The molecule has 6 aliphatic carbocycles. The van der Waals surface area contributed by atoms with Gasteiger partial charge in [-0.15, -0.1) is 11.8 Å². The van der Waals surface area contributed by atoms with E-state index in [0.717, 1.165) is 25.0 Å². The number of hydrogen-bond donors (Lipinski definition) is 0. The van der Waals surface area contributed by atoms with E-state index < -0.39 is 0 Å². The second-order valence-electron chi connectivity index (χ2n) is 22.5. The highest BCUT2D eigenvalue weighted by Gasteiger charge is 2.56. The molecule has 358 valence electrons. The summed E-state index contributed by atoms with van der Waals surface area (Å²) in [7, 11) is 0. The van der Waals surface area contributed by atoms with Crippen LogP contribution in [0.4, 0.5) is 0 Å². The second kappa shape index (κ2) is 17.4. The molecule has 1 fully saturated rings. The number of hydrogen-bond acceptors (Lipinski definition) is 1. The summed E-state index contributed by atoms with van der Waals surface area (Å²) >= 11 is 2.02. The Balaban J connectivity index is 0.779. The van der Waals surface area contributed by atoms with Gasteiger partial charge >= 0.3 is 0 Å². The molecule has 15 rings (SSSR count). The molecule has 1 nitrogen and oxygen atoms in total. The summed E-state index contributed by atoms with van der Waals surface area (Å²) in [5, 5.41) is 1.42. The summed E-state index contributed by atoms with van der Waals surface area (Å²) in [6.45, 7) is 4.86. The maximum absolute atomic E-state index is 2.64. The van der Waals surface area contributed by atoms with Gasteiger partial charge in [0.15, 0.2) is 0 Å². The largest absolute Gasteiger partial charge is 0.310 e. The van der Waals surface area contributed by atoms with E-state index in [1.54, 1.807) is 16.7 Å². The van der Waals surface area contributed by atoms with Gasteiger partial charge < -0.3 is 4.57 Å². The predicted octanol–water partition coefficient (Wildman–Crippen LogP) is 18.8. The van der Waals surface area contributed by atoms with Crippen LogP contribution in [-0.2, 0) is 5.41 Å². The molecule has 0 radical (unpaired) electrons. The average molecular weight is 970 g/mol. The van der Waals surface area contributed by atoms with E-state index in [9.17, 15) is 0 Å². The summed E-state index contributed by atoms with van der Waals surface area (Å²) in [6, 6.07) is 64.6. The van der Waals surface area contributed by atoms with Crippen LogP contribution >= 0.6 is 11.8 Å². The molecule has 1 aromatic heterocycles. The van der Waals surface area contributed by atoms with Crippen LogP contribution in [0.5, 0.6) is 0 Å². The van der Waals surface area contributed by atoms with Crippen molar-refractivity contribution in [2.45, 2.75) is 68.1 Å². The molecule has 7 aliphatic rings. The molecule has 0 bridgehead atoms. The van der Waals surface area contributed by atoms with Crippen molar-refractivity contribution in [2.75, 3.05) is 5.75 Å². The fourth-order valence-electron chi connectivity index (χ4n) is 14.5. The molecule has 7 aromatic carbocycles. The topological polar surface area (TPSA) is 4.93 Å². The molecule has 2 heteroatoms. The first-order valence-corrected chi connectivity index (χ1v) is 28.2. The van der Waals surface area contributed by atoms with E-state index in [1.165, 1.54) is 118 Å². The smallest absolute Gasteiger partial charge is 0.0537 e. The van der Waals surface area contributed by atoms with Crippen LogP contribution in [-0.4, -0.2) is 10.3 Å². The van der Waals surface area contributed by atoms with Gasteiger partial charge in [0.05, 0.1) is 11.2 Å². The highest BCUT2D eigenvalue weighted by molar-refractivity contribution is 7.99. The van der Waals surface area contributed by atoms with Gasteiger partial charge in [0.25, 0.3) is 0 Å². The van der Waals surface area contributed by atoms with E-state index in [4.69, 9.17) is 0 Å². The van der Waals surface area contributed by atoms with Crippen LogP contribution in [0, 0.1) is 17.8 Å². The van der Waals surface area contributed by atoms with Gasteiger partial charge in [0.1, 0.15) is 0 Å². The zero-order valence-electron chi connectivity index (χ0n) is 42.3. The minimum absolute atomic E-state index is 0.0325. The standard InChI is InChI=1S/C72H59NS/c1-72(2)63-26-13-11-24-58(63)62-42-51(32-36-64(62)72)68(55-40-53(45-16-5-3-6-17-45)39-54(41-55)46-18-7-4-8-19-46)48-30-28-47(29-31-48)49-21-15-22-50(38-49)69-61-35-37-66-70(71(61)69)60-25-12-14-27-65(60)73(66)56-33-34-59-57-23-10-9-20-52(57)44-74-67(59)43-56/h3-8,10-19,21,23-31,33-35,37-43,50,61,68-69,71H,9,20,22,32,36,44H2,1-2H3. The lowest BCUT2D eigenvalue weighted by molar-refractivity contribution is 0.546. The van der Waals surface area contributed by atoms with Crippen molar-refractivity contribution >= 4 is 45.5 Å². The van der Waals surface area contributed by atoms with Crippen LogP contribution in [0.2, 0.25) is 0 Å². The van der Waals surface area contributed by atoms with E-state index >= 15 is 0 Å². The highest BCUT2D eigenvalue weighted by atomic mass is 32.2. The third-order valence-corrected chi connectivity index (χ3v) is 19.2. The molecule has 0 N–H and O–H groups in total. The first kappa shape index (κ1) is 44.1. The zero-order valence-corrected chi connectivity index (χ0v) is 43.1. The molecule has 2 heterocycles. The number of para-hydroxylation sites is 1. The summed E-state index contributed by atoms with van der Waals surface area (Å²) in [6.07, 6.45) is 25.4. The Morgan fingerprint density at radius 1 is 0.608 bits per heavy atom. The molecule has 8 aromatic rings. The van der Waals surface area contributed by atoms with Gasteiger partial charge in [-0.25, -0.2) is 0 Å². The van der Waals surface area contributed by atoms with Gasteiger partial charge in [-0.2, -0.15) is 0 Å². The molecule has 1 aliphatic heterocycles. The number of thioether (sulfide) groups is 1. The molecular formula is C72H59NS. The summed E-state index contributed by atoms with van der Waals surface area (Å²) in [5.74, 6) is 3.35. The molecule has 0 saturated heterocycles. The lowest BCUT2D eigenvalue weighted by Gasteiger charge is -2.30. The Bertz CT molecular complexity index is 3790. The molecule has 0 spiro atoms. The van der Waals surface area contributed by atoms with Gasteiger partial charge in [-0.05, 0) is 164 Å². The third kappa shape index (κ3) is 7.12. The molecular weight excluding hydrogens is 911 g/mol. The Labute approximate surface area is 440 Å². The van der Waals surface area contributed by atoms with Crippen molar-refractivity contribution in [3.63, 3.8) is 0 Å². The number of benzene rings is 7. The van der Waals surface area contributed by atoms with Gasteiger partial charge in [0.2, 0.25) is 0 Å². The van der Waals surface area contributed by atoms with Crippen LogP contribution in [0.15, 0.2) is 234 Å². The predicted molar refractivity (Wildman–Crippen MR) is 313 cm³/mol. The summed E-state index contributed by atoms with van der Waals surface area (Å²) in [4.78, 5) is 1.41. The number of nitrogens with zero attached hydrogens (tertiary/aromatic N) is 1. The van der Waals surface area contributed by atoms with Crippen LogP contribution < -0.4 is 0 Å². The van der Waals surface area contributed by atoms with E-state index in [0.29, 0.717) is 23.7 Å². The molecule has 74 heavy (non-hydrogen) atoms. The highest BCUT2D eigenvalue weighted by Crippen LogP contribution is 2.65. The maximum atomic E-state index is 2.64. The lowest BCUT2D eigenvalue weighted by Crippen LogP contribution is -2.19.